The van der Waals surface area contributed by atoms with Gasteiger partial charge in [-0.05, 0) is 53.7 Å². The average molecular weight is 322 g/mol. The zero-order valence-electron chi connectivity index (χ0n) is 10.5. The summed E-state index contributed by atoms with van der Waals surface area (Å²) in [6.45, 7) is 0. The van der Waals surface area contributed by atoms with Gasteiger partial charge in [-0.2, -0.15) is 4.98 Å². The lowest BCUT2D eigenvalue weighted by Crippen LogP contribution is -2.43. The number of hydrogen-bond donors (Lipinski definition) is 2. The maximum Gasteiger partial charge on any atom is 0.243 e. The lowest BCUT2D eigenvalue weighted by Gasteiger charge is -2.29. The summed E-state index contributed by atoms with van der Waals surface area (Å²) in [5.41, 5.74) is 0.863. The van der Waals surface area contributed by atoms with Gasteiger partial charge in [-0.25, -0.2) is 4.52 Å². The minimum atomic E-state index is 0.495. The van der Waals surface area contributed by atoms with Gasteiger partial charge in [-0.3, -0.25) is 0 Å². The standard InChI is InChI=1S/C13H16BrN5/c14-11-2-1-5-19-12(11)17-13(18-19)16-10-6-8-3-4-9(7-10)15-8/h1-2,5,8-10,15H,3-4,6-7H2,(H,16,18). The summed E-state index contributed by atoms with van der Waals surface area (Å²) in [6.07, 6.45) is 6.89. The predicted octanol–water partition coefficient (Wildman–Crippen LogP) is 2.19. The van der Waals surface area contributed by atoms with E-state index in [1.807, 2.05) is 22.8 Å². The molecule has 2 aromatic rings. The molecule has 0 radical (unpaired) electrons. The molecule has 5 nitrogen and oxygen atoms in total. The van der Waals surface area contributed by atoms with Gasteiger partial charge in [0.1, 0.15) is 0 Å². The zero-order chi connectivity index (χ0) is 12.8. The van der Waals surface area contributed by atoms with E-state index in [-0.39, 0.29) is 0 Å². The molecule has 6 heteroatoms. The molecule has 4 heterocycles. The molecule has 2 bridgehead atoms. The Morgan fingerprint density at radius 1 is 1.32 bits per heavy atom. The van der Waals surface area contributed by atoms with Crippen LogP contribution in [0.1, 0.15) is 25.7 Å². The van der Waals surface area contributed by atoms with Crippen molar-refractivity contribution in [2.24, 2.45) is 0 Å². The largest absolute Gasteiger partial charge is 0.350 e. The van der Waals surface area contributed by atoms with Gasteiger partial charge in [-0.15, -0.1) is 5.10 Å². The highest BCUT2D eigenvalue weighted by Crippen LogP contribution is 2.28. The number of aromatic nitrogens is 3. The summed E-state index contributed by atoms with van der Waals surface area (Å²) in [6, 6.07) is 5.80. The zero-order valence-corrected chi connectivity index (χ0v) is 12.1. The second kappa shape index (κ2) is 4.45. The first kappa shape index (κ1) is 11.7. The van der Waals surface area contributed by atoms with Crippen molar-refractivity contribution in [3.8, 4) is 0 Å². The fraction of sp³-hybridized carbons (Fsp3) is 0.538. The Balaban J connectivity index is 1.56. The number of rotatable bonds is 2. The molecule has 0 aromatic carbocycles. The number of pyridine rings is 1. The Morgan fingerprint density at radius 2 is 2.11 bits per heavy atom. The van der Waals surface area contributed by atoms with E-state index in [0.717, 1.165) is 16.1 Å². The Labute approximate surface area is 119 Å². The summed E-state index contributed by atoms with van der Waals surface area (Å²) in [5.74, 6) is 0.734. The SMILES string of the molecule is Brc1cccn2nc(NC3CC4CCC(C3)N4)nc12. The molecular formula is C13H16BrN5. The third-order valence-electron chi connectivity index (χ3n) is 4.12. The van der Waals surface area contributed by atoms with Crippen LogP contribution in [0.4, 0.5) is 5.95 Å². The second-order valence-corrected chi connectivity index (χ2v) is 6.36. The molecule has 0 aliphatic carbocycles. The second-order valence-electron chi connectivity index (χ2n) is 5.51. The number of nitrogens with zero attached hydrogens (tertiary/aromatic N) is 3. The third-order valence-corrected chi connectivity index (χ3v) is 4.74. The van der Waals surface area contributed by atoms with Crippen molar-refractivity contribution in [3.05, 3.63) is 22.8 Å². The van der Waals surface area contributed by atoms with E-state index in [1.165, 1.54) is 25.7 Å². The summed E-state index contributed by atoms with van der Waals surface area (Å²) >= 11 is 3.50. The molecule has 2 fully saturated rings. The smallest absolute Gasteiger partial charge is 0.243 e. The fourth-order valence-corrected chi connectivity index (χ4v) is 3.72. The van der Waals surface area contributed by atoms with Crippen LogP contribution in [0.3, 0.4) is 0 Å². The first-order chi connectivity index (χ1) is 9.28. The Morgan fingerprint density at radius 3 is 2.84 bits per heavy atom. The molecule has 2 atom stereocenters. The predicted molar refractivity (Wildman–Crippen MR) is 77.3 cm³/mol. The molecule has 2 saturated heterocycles. The van der Waals surface area contributed by atoms with Crippen molar-refractivity contribution >= 4 is 27.5 Å². The molecule has 2 aromatic heterocycles. The van der Waals surface area contributed by atoms with Crippen LogP contribution in [0.5, 0.6) is 0 Å². The highest BCUT2D eigenvalue weighted by Gasteiger charge is 2.33. The van der Waals surface area contributed by atoms with Crippen LogP contribution in [-0.2, 0) is 0 Å². The average Bonchev–Trinajstić information content (AvgIpc) is 2.94. The van der Waals surface area contributed by atoms with Gasteiger partial charge in [0.05, 0.1) is 4.47 Å². The van der Waals surface area contributed by atoms with E-state index in [1.54, 1.807) is 0 Å². The van der Waals surface area contributed by atoms with Crippen LogP contribution in [0.15, 0.2) is 22.8 Å². The molecule has 2 aliphatic heterocycles. The van der Waals surface area contributed by atoms with E-state index in [2.05, 4.69) is 36.6 Å². The Bertz CT molecular complexity index is 598. The van der Waals surface area contributed by atoms with Crippen molar-refractivity contribution in [3.63, 3.8) is 0 Å². The molecule has 2 aliphatic rings. The molecule has 4 rings (SSSR count). The fourth-order valence-electron chi connectivity index (χ4n) is 3.29. The number of piperidine rings is 1. The van der Waals surface area contributed by atoms with Gasteiger partial charge in [0.2, 0.25) is 5.95 Å². The minimum Gasteiger partial charge on any atom is -0.350 e. The van der Waals surface area contributed by atoms with Gasteiger partial charge < -0.3 is 10.6 Å². The molecule has 100 valence electrons. The molecule has 2 unspecified atom stereocenters. The van der Waals surface area contributed by atoms with Crippen LogP contribution in [0.2, 0.25) is 0 Å². The number of nitrogens with one attached hydrogen (secondary N) is 2. The molecule has 0 spiro atoms. The highest BCUT2D eigenvalue weighted by atomic mass is 79.9. The van der Waals surface area contributed by atoms with Crippen LogP contribution < -0.4 is 10.6 Å². The third kappa shape index (κ3) is 2.12. The Kier molecular flexibility index (Phi) is 2.73. The summed E-state index contributed by atoms with van der Waals surface area (Å²) < 4.78 is 2.78. The van der Waals surface area contributed by atoms with Crippen molar-refractivity contribution in [1.29, 1.82) is 0 Å². The molecular weight excluding hydrogens is 306 g/mol. The molecule has 0 saturated carbocycles. The quantitative estimate of drug-likeness (QED) is 0.890. The molecule has 19 heavy (non-hydrogen) atoms. The van der Waals surface area contributed by atoms with Gasteiger partial charge in [0, 0.05) is 24.3 Å². The first-order valence-electron chi connectivity index (χ1n) is 6.81. The van der Waals surface area contributed by atoms with E-state index >= 15 is 0 Å². The number of fused-ring (bicyclic) bond motifs is 3. The van der Waals surface area contributed by atoms with E-state index < -0.39 is 0 Å². The van der Waals surface area contributed by atoms with Gasteiger partial charge in [0.15, 0.2) is 5.65 Å². The van der Waals surface area contributed by atoms with Crippen molar-refractivity contribution < 1.29 is 0 Å². The van der Waals surface area contributed by atoms with E-state index in [0.29, 0.717) is 18.1 Å². The van der Waals surface area contributed by atoms with Crippen molar-refractivity contribution in [2.75, 3.05) is 5.32 Å². The molecule has 0 amide bonds. The van der Waals surface area contributed by atoms with Gasteiger partial charge in [-0.1, -0.05) is 0 Å². The van der Waals surface area contributed by atoms with Crippen LogP contribution in [0.25, 0.3) is 5.65 Å². The summed E-state index contributed by atoms with van der Waals surface area (Å²) in [5, 5.41) is 11.6. The van der Waals surface area contributed by atoms with Crippen LogP contribution in [0, 0.1) is 0 Å². The Hall–Kier alpha value is -1.14. The number of hydrogen-bond acceptors (Lipinski definition) is 4. The van der Waals surface area contributed by atoms with Crippen molar-refractivity contribution in [2.45, 2.75) is 43.8 Å². The monoisotopic (exact) mass is 321 g/mol. The number of halogens is 1. The first-order valence-corrected chi connectivity index (χ1v) is 7.61. The van der Waals surface area contributed by atoms with E-state index in [4.69, 9.17) is 0 Å². The summed E-state index contributed by atoms with van der Waals surface area (Å²) in [7, 11) is 0. The van der Waals surface area contributed by atoms with Crippen molar-refractivity contribution in [1.82, 2.24) is 19.9 Å². The minimum absolute atomic E-state index is 0.495. The maximum atomic E-state index is 4.55. The maximum absolute atomic E-state index is 4.55. The lowest BCUT2D eigenvalue weighted by atomic mass is 10.0. The molecule has 2 N–H and O–H groups in total. The highest BCUT2D eigenvalue weighted by molar-refractivity contribution is 9.10. The van der Waals surface area contributed by atoms with Crippen LogP contribution >= 0.6 is 15.9 Å². The normalized spacial score (nSPS) is 29.8. The van der Waals surface area contributed by atoms with Crippen LogP contribution in [-0.4, -0.2) is 32.7 Å². The topological polar surface area (TPSA) is 54.2 Å². The van der Waals surface area contributed by atoms with Gasteiger partial charge >= 0.3 is 0 Å². The lowest BCUT2D eigenvalue weighted by molar-refractivity contribution is 0.377. The summed E-state index contributed by atoms with van der Waals surface area (Å²) in [4.78, 5) is 4.55. The van der Waals surface area contributed by atoms with Gasteiger partial charge in [0.25, 0.3) is 0 Å². The number of anilines is 1. The van der Waals surface area contributed by atoms with E-state index in [9.17, 15) is 0 Å².